The monoisotopic (exact) mass is 474 g/mol. The highest BCUT2D eigenvalue weighted by atomic mass is 16.5. The van der Waals surface area contributed by atoms with Crippen molar-refractivity contribution in [1.29, 1.82) is 0 Å². The molecule has 0 spiro atoms. The molecule has 4 rings (SSSR count). The zero-order chi connectivity index (χ0) is 24.8. The Morgan fingerprint density at radius 2 is 1.43 bits per heavy atom. The van der Waals surface area contributed by atoms with Crippen molar-refractivity contribution in [1.82, 2.24) is 0 Å². The van der Waals surface area contributed by atoms with Crippen LogP contribution in [-0.4, -0.2) is 27.4 Å². The number of rotatable bonds is 10. The van der Waals surface area contributed by atoms with Gasteiger partial charge in [0.2, 0.25) is 11.2 Å². The van der Waals surface area contributed by atoms with Crippen LogP contribution in [0.25, 0.3) is 22.3 Å². The molecule has 3 aromatic carbocycles. The van der Waals surface area contributed by atoms with E-state index in [9.17, 15) is 4.79 Å². The minimum atomic E-state index is -0.202. The number of hydrogen-bond acceptors (Lipinski definition) is 6. The fraction of sp³-hybridized carbons (Fsp3) is 0.276. The first-order valence-corrected chi connectivity index (χ1v) is 11.6. The predicted octanol–water partition coefficient (Wildman–Crippen LogP) is 6.33. The first-order valence-electron chi connectivity index (χ1n) is 11.6. The van der Waals surface area contributed by atoms with Gasteiger partial charge in [0.1, 0.15) is 11.3 Å². The van der Waals surface area contributed by atoms with Crippen LogP contribution in [0.2, 0.25) is 0 Å². The Morgan fingerprint density at radius 1 is 0.743 bits per heavy atom. The molecule has 4 aromatic rings. The van der Waals surface area contributed by atoms with Crippen molar-refractivity contribution in [3.05, 3.63) is 82.0 Å². The van der Waals surface area contributed by atoms with Crippen LogP contribution in [0.4, 0.5) is 0 Å². The minimum Gasteiger partial charge on any atom is -0.494 e. The van der Waals surface area contributed by atoms with Crippen LogP contribution < -0.4 is 24.4 Å². The van der Waals surface area contributed by atoms with E-state index in [1.165, 1.54) is 5.56 Å². The van der Waals surface area contributed by atoms with Gasteiger partial charge in [-0.15, -0.1) is 0 Å². The maximum Gasteiger partial charge on any atom is 0.235 e. The smallest absolute Gasteiger partial charge is 0.235 e. The van der Waals surface area contributed by atoms with Gasteiger partial charge < -0.3 is 23.4 Å². The maximum atomic E-state index is 13.4. The van der Waals surface area contributed by atoms with Crippen LogP contribution >= 0.6 is 0 Å². The third-order valence-electron chi connectivity index (χ3n) is 5.73. The van der Waals surface area contributed by atoms with Crippen LogP contribution in [0.15, 0.2) is 69.9 Å². The van der Waals surface area contributed by atoms with E-state index in [-0.39, 0.29) is 11.2 Å². The molecule has 0 saturated heterocycles. The molecule has 0 unspecified atom stereocenters. The summed E-state index contributed by atoms with van der Waals surface area (Å²) in [5.74, 6) is 2.53. The number of aryl methyl sites for hydroxylation is 2. The van der Waals surface area contributed by atoms with Gasteiger partial charge in [0.15, 0.2) is 17.3 Å². The van der Waals surface area contributed by atoms with Gasteiger partial charge in [-0.25, -0.2) is 0 Å². The van der Waals surface area contributed by atoms with Gasteiger partial charge in [-0.2, -0.15) is 0 Å². The molecule has 1 heterocycles. The van der Waals surface area contributed by atoms with E-state index in [0.29, 0.717) is 47.0 Å². The Hall–Kier alpha value is -3.93. The van der Waals surface area contributed by atoms with E-state index in [1.54, 1.807) is 32.4 Å². The molecule has 1 aromatic heterocycles. The summed E-state index contributed by atoms with van der Waals surface area (Å²) in [5, 5.41) is 0.484. The number of fused-ring (bicyclic) bond motifs is 1. The fourth-order valence-electron chi connectivity index (χ4n) is 3.78. The van der Waals surface area contributed by atoms with Gasteiger partial charge in [0.05, 0.1) is 32.8 Å². The Balaban J connectivity index is 1.55. The average molecular weight is 475 g/mol. The first-order chi connectivity index (χ1) is 17.0. The summed E-state index contributed by atoms with van der Waals surface area (Å²) in [6.07, 6.45) is 1.51. The van der Waals surface area contributed by atoms with Gasteiger partial charge in [0, 0.05) is 5.56 Å². The van der Waals surface area contributed by atoms with Crippen molar-refractivity contribution in [3.63, 3.8) is 0 Å². The highest BCUT2D eigenvalue weighted by molar-refractivity contribution is 5.83. The van der Waals surface area contributed by atoms with E-state index in [1.807, 2.05) is 56.3 Å². The van der Waals surface area contributed by atoms with Gasteiger partial charge in [-0.05, 0) is 74.7 Å². The van der Waals surface area contributed by atoms with E-state index in [2.05, 4.69) is 0 Å². The lowest BCUT2D eigenvalue weighted by Gasteiger charge is -2.14. The van der Waals surface area contributed by atoms with Crippen molar-refractivity contribution in [3.8, 4) is 34.3 Å². The van der Waals surface area contributed by atoms with Gasteiger partial charge in [0.25, 0.3) is 0 Å². The summed E-state index contributed by atoms with van der Waals surface area (Å²) in [5.41, 5.74) is 3.17. The lowest BCUT2D eigenvalue weighted by atomic mass is 10.1. The van der Waals surface area contributed by atoms with Crippen molar-refractivity contribution in [2.75, 3.05) is 27.4 Å². The van der Waals surface area contributed by atoms with E-state index in [0.717, 1.165) is 24.2 Å². The molecule has 0 atom stereocenters. The number of methoxy groups -OCH3 is 2. The quantitative estimate of drug-likeness (QED) is 0.250. The molecular formula is C29H30O6. The number of hydrogen-bond donors (Lipinski definition) is 0. The van der Waals surface area contributed by atoms with Gasteiger partial charge in [-0.3, -0.25) is 4.79 Å². The second-order valence-corrected chi connectivity index (χ2v) is 8.38. The summed E-state index contributed by atoms with van der Waals surface area (Å²) >= 11 is 0. The van der Waals surface area contributed by atoms with Crippen LogP contribution in [0.3, 0.4) is 0 Å². The van der Waals surface area contributed by atoms with Crippen LogP contribution in [0.5, 0.6) is 23.0 Å². The van der Waals surface area contributed by atoms with E-state index >= 15 is 0 Å². The molecule has 0 saturated carbocycles. The van der Waals surface area contributed by atoms with E-state index < -0.39 is 0 Å². The molecule has 0 N–H and O–H groups in total. The zero-order valence-electron chi connectivity index (χ0n) is 20.6. The number of ether oxygens (including phenoxy) is 4. The summed E-state index contributed by atoms with van der Waals surface area (Å²) in [7, 11) is 3.14. The largest absolute Gasteiger partial charge is 0.494 e. The molecule has 6 nitrogen and oxygen atoms in total. The predicted molar refractivity (Wildman–Crippen MR) is 137 cm³/mol. The molecule has 0 aliphatic carbocycles. The van der Waals surface area contributed by atoms with Crippen molar-refractivity contribution >= 4 is 11.0 Å². The Morgan fingerprint density at radius 3 is 2.14 bits per heavy atom. The Labute approximate surface area is 205 Å². The molecule has 182 valence electrons. The average Bonchev–Trinajstić information content (AvgIpc) is 2.87. The Kier molecular flexibility index (Phi) is 7.60. The molecule has 0 bridgehead atoms. The summed E-state index contributed by atoms with van der Waals surface area (Å²) in [6, 6.07) is 18.9. The van der Waals surface area contributed by atoms with Crippen molar-refractivity contribution in [2.24, 2.45) is 0 Å². The second kappa shape index (κ2) is 11.0. The molecule has 0 aliphatic heterocycles. The number of unbranched alkanes of at least 4 members (excludes halogenated alkanes) is 1. The van der Waals surface area contributed by atoms with Crippen LogP contribution in [0, 0.1) is 13.8 Å². The molecule has 0 fully saturated rings. The first kappa shape index (κ1) is 24.2. The molecular weight excluding hydrogens is 444 g/mol. The number of benzene rings is 3. The lowest BCUT2D eigenvalue weighted by Crippen LogP contribution is -2.12. The van der Waals surface area contributed by atoms with Crippen molar-refractivity contribution < 1.29 is 23.4 Å². The van der Waals surface area contributed by atoms with Gasteiger partial charge >= 0.3 is 0 Å². The minimum absolute atomic E-state index is 0.188. The normalized spacial score (nSPS) is 10.9. The third kappa shape index (κ3) is 5.60. The summed E-state index contributed by atoms with van der Waals surface area (Å²) < 4.78 is 28.8. The Bertz CT molecular complexity index is 1350. The maximum absolute atomic E-state index is 13.4. The molecule has 0 radical (unpaired) electrons. The second-order valence-electron chi connectivity index (χ2n) is 8.38. The molecule has 35 heavy (non-hydrogen) atoms. The topological polar surface area (TPSA) is 67.1 Å². The third-order valence-corrected chi connectivity index (χ3v) is 5.73. The molecule has 0 amide bonds. The summed E-state index contributed by atoms with van der Waals surface area (Å²) in [6.45, 7) is 4.93. The highest BCUT2D eigenvalue weighted by Gasteiger charge is 2.19. The fourth-order valence-corrected chi connectivity index (χ4v) is 3.78. The highest BCUT2D eigenvalue weighted by Crippen LogP contribution is 2.37. The SMILES string of the molecule is COc1ccc(-c2oc3cc(C)ccc3c(=O)c2OCCCCOc2ccc(C)cc2)cc1OC. The zero-order valence-corrected chi connectivity index (χ0v) is 20.6. The van der Waals surface area contributed by atoms with Gasteiger partial charge in [-0.1, -0.05) is 23.8 Å². The summed E-state index contributed by atoms with van der Waals surface area (Å²) in [4.78, 5) is 13.4. The van der Waals surface area contributed by atoms with Crippen LogP contribution in [0.1, 0.15) is 24.0 Å². The lowest BCUT2D eigenvalue weighted by molar-refractivity contribution is 0.263. The van der Waals surface area contributed by atoms with E-state index in [4.69, 9.17) is 23.4 Å². The molecule has 0 aliphatic rings. The van der Waals surface area contributed by atoms with Crippen molar-refractivity contribution in [2.45, 2.75) is 26.7 Å². The molecule has 6 heteroatoms. The van der Waals surface area contributed by atoms with Crippen LogP contribution in [-0.2, 0) is 0 Å². The standard InChI is InChI=1S/C29H30O6/c1-19-7-11-22(12-8-19)33-15-5-6-16-34-29-27(30)23-13-9-20(2)17-25(23)35-28(29)21-10-14-24(31-3)26(18-21)32-4/h7-14,17-18H,5-6,15-16H2,1-4H3.